The lowest BCUT2D eigenvalue weighted by atomic mass is 10.1. The van der Waals surface area contributed by atoms with E-state index in [1.165, 1.54) is 12.8 Å². The quantitative estimate of drug-likeness (QED) is 0.526. The number of ether oxygens (including phenoxy) is 3. The van der Waals surface area contributed by atoms with Crippen molar-refractivity contribution in [3.8, 4) is 17.2 Å². The van der Waals surface area contributed by atoms with Crippen LogP contribution in [-0.2, 0) is 4.74 Å². The van der Waals surface area contributed by atoms with Crippen molar-refractivity contribution in [2.24, 2.45) is 0 Å². The molecule has 1 aliphatic heterocycles. The second kappa shape index (κ2) is 9.77. The molecule has 0 bridgehead atoms. The van der Waals surface area contributed by atoms with E-state index < -0.39 is 0 Å². The fraction of sp³-hybridized carbons (Fsp3) is 0.520. The highest BCUT2D eigenvalue weighted by Crippen LogP contribution is 2.37. The summed E-state index contributed by atoms with van der Waals surface area (Å²) in [6, 6.07) is 5.97. The standard InChI is InChI=1S/C25H34N4O3/c1-6-31-20-10-11-21(22(15-20)30-5)29-17(3)23-16(2)27-28-25(24(23)18(29)4)26-13-12-19-9-7-8-14-32-19/h10-11,15,19H,6-9,12-14H2,1-5H3,(H,26,28). The minimum Gasteiger partial charge on any atom is -0.494 e. The fourth-order valence-electron chi connectivity index (χ4n) is 4.77. The van der Waals surface area contributed by atoms with Gasteiger partial charge in [0, 0.05) is 41.4 Å². The number of benzene rings is 1. The molecule has 1 unspecified atom stereocenters. The van der Waals surface area contributed by atoms with Gasteiger partial charge in [-0.2, -0.15) is 5.10 Å². The lowest BCUT2D eigenvalue weighted by Gasteiger charge is -2.22. The van der Waals surface area contributed by atoms with Crippen LogP contribution in [0.5, 0.6) is 11.5 Å². The molecule has 0 aliphatic carbocycles. The molecule has 1 N–H and O–H groups in total. The fourth-order valence-corrected chi connectivity index (χ4v) is 4.77. The van der Waals surface area contributed by atoms with Gasteiger partial charge in [0.2, 0.25) is 0 Å². The first-order chi connectivity index (χ1) is 15.5. The summed E-state index contributed by atoms with van der Waals surface area (Å²) in [6.07, 6.45) is 4.88. The highest BCUT2D eigenvalue weighted by Gasteiger charge is 2.22. The number of methoxy groups -OCH3 is 1. The molecule has 1 aromatic carbocycles. The molecule has 1 fully saturated rings. The maximum Gasteiger partial charge on any atom is 0.158 e. The number of rotatable bonds is 8. The summed E-state index contributed by atoms with van der Waals surface area (Å²) in [5.74, 6) is 2.39. The van der Waals surface area contributed by atoms with Crippen molar-refractivity contribution in [3.05, 3.63) is 35.3 Å². The van der Waals surface area contributed by atoms with Crippen molar-refractivity contribution < 1.29 is 14.2 Å². The normalized spacial score (nSPS) is 16.3. The van der Waals surface area contributed by atoms with Crippen molar-refractivity contribution >= 4 is 16.6 Å². The van der Waals surface area contributed by atoms with Gasteiger partial charge in [-0.1, -0.05) is 0 Å². The molecule has 3 aromatic rings. The first-order valence-electron chi connectivity index (χ1n) is 11.6. The number of hydrogen-bond acceptors (Lipinski definition) is 6. The minimum absolute atomic E-state index is 0.339. The summed E-state index contributed by atoms with van der Waals surface area (Å²) < 4.78 is 19.5. The molecule has 7 heteroatoms. The van der Waals surface area contributed by atoms with Crippen LogP contribution in [0, 0.1) is 20.8 Å². The van der Waals surface area contributed by atoms with Crippen molar-refractivity contribution in [2.45, 2.75) is 59.5 Å². The van der Waals surface area contributed by atoms with Crippen LogP contribution in [0.4, 0.5) is 5.82 Å². The molecule has 32 heavy (non-hydrogen) atoms. The average molecular weight is 439 g/mol. The van der Waals surface area contributed by atoms with Crippen molar-refractivity contribution in [1.29, 1.82) is 0 Å². The summed E-state index contributed by atoms with van der Waals surface area (Å²) in [6.45, 7) is 10.6. The van der Waals surface area contributed by atoms with Crippen LogP contribution >= 0.6 is 0 Å². The zero-order valence-corrected chi connectivity index (χ0v) is 19.8. The van der Waals surface area contributed by atoms with Crippen LogP contribution in [0.1, 0.15) is 49.7 Å². The number of anilines is 1. The molecule has 7 nitrogen and oxygen atoms in total. The summed E-state index contributed by atoms with van der Waals surface area (Å²) in [4.78, 5) is 0. The topological polar surface area (TPSA) is 70.4 Å². The molecule has 1 atom stereocenters. The molecule has 0 spiro atoms. The van der Waals surface area contributed by atoms with Gasteiger partial charge in [-0.25, -0.2) is 0 Å². The summed E-state index contributed by atoms with van der Waals surface area (Å²) in [5.41, 5.74) is 4.12. The molecule has 172 valence electrons. The molecule has 2 aromatic heterocycles. The summed E-state index contributed by atoms with van der Waals surface area (Å²) >= 11 is 0. The van der Waals surface area contributed by atoms with Crippen LogP contribution in [0.25, 0.3) is 16.5 Å². The lowest BCUT2D eigenvalue weighted by Crippen LogP contribution is -2.22. The number of fused-ring (bicyclic) bond motifs is 1. The Morgan fingerprint density at radius 3 is 2.66 bits per heavy atom. The van der Waals surface area contributed by atoms with Gasteiger partial charge in [0.1, 0.15) is 11.5 Å². The van der Waals surface area contributed by atoms with E-state index in [0.29, 0.717) is 12.7 Å². The van der Waals surface area contributed by atoms with Gasteiger partial charge < -0.3 is 24.1 Å². The SMILES string of the molecule is CCOc1ccc(-n2c(C)c3c(C)nnc(NCCC4CCCCO4)c3c2C)c(OC)c1. The number of nitrogens with zero attached hydrogens (tertiary/aromatic N) is 3. The predicted molar refractivity (Wildman–Crippen MR) is 127 cm³/mol. The third-order valence-corrected chi connectivity index (χ3v) is 6.28. The Labute approximate surface area is 190 Å². The van der Waals surface area contributed by atoms with E-state index in [0.717, 1.165) is 76.9 Å². The molecule has 1 aliphatic rings. The first-order valence-corrected chi connectivity index (χ1v) is 11.6. The zero-order valence-electron chi connectivity index (χ0n) is 19.8. The Bertz CT molecular complexity index is 1090. The largest absolute Gasteiger partial charge is 0.494 e. The second-order valence-electron chi connectivity index (χ2n) is 8.36. The van der Waals surface area contributed by atoms with Gasteiger partial charge in [0.05, 0.1) is 31.2 Å². The van der Waals surface area contributed by atoms with Crippen molar-refractivity contribution in [3.63, 3.8) is 0 Å². The first kappa shape index (κ1) is 22.4. The van der Waals surface area contributed by atoms with E-state index >= 15 is 0 Å². The van der Waals surface area contributed by atoms with E-state index in [9.17, 15) is 0 Å². The van der Waals surface area contributed by atoms with Crippen LogP contribution in [0.15, 0.2) is 18.2 Å². The Hall–Kier alpha value is -2.80. The van der Waals surface area contributed by atoms with Gasteiger partial charge in [-0.15, -0.1) is 5.10 Å². The number of nitrogens with one attached hydrogen (secondary N) is 1. The van der Waals surface area contributed by atoms with Gasteiger partial charge in [-0.3, -0.25) is 0 Å². The van der Waals surface area contributed by atoms with Crippen LogP contribution in [0.3, 0.4) is 0 Å². The maximum atomic E-state index is 5.88. The molecule has 3 heterocycles. The van der Waals surface area contributed by atoms with Crippen LogP contribution in [0.2, 0.25) is 0 Å². The molecule has 0 amide bonds. The van der Waals surface area contributed by atoms with Gasteiger partial charge in [0.15, 0.2) is 5.82 Å². The van der Waals surface area contributed by atoms with Crippen molar-refractivity contribution in [1.82, 2.24) is 14.8 Å². The monoisotopic (exact) mass is 438 g/mol. The van der Waals surface area contributed by atoms with E-state index in [1.54, 1.807) is 7.11 Å². The van der Waals surface area contributed by atoms with Gasteiger partial charge >= 0.3 is 0 Å². The molecule has 0 saturated carbocycles. The third-order valence-electron chi connectivity index (χ3n) is 6.28. The zero-order chi connectivity index (χ0) is 22.7. The van der Waals surface area contributed by atoms with Gasteiger partial charge in [-0.05, 0) is 65.5 Å². The Morgan fingerprint density at radius 2 is 1.94 bits per heavy atom. The molecule has 4 rings (SSSR count). The molecular weight excluding hydrogens is 404 g/mol. The number of aromatic nitrogens is 3. The molecular formula is C25H34N4O3. The summed E-state index contributed by atoms with van der Waals surface area (Å²) in [7, 11) is 1.69. The predicted octanol–water partition coefficient (Wildman–Crippen LogP) is 5.12. The summed E-state index contributed by atoms with van der Waals surface area (Å²) in [5, 5.41) is 14.7. The Morgan fingerprint density at radius 1 is 1.12 bits per heavy atom. The van der Waals surface area contributed by atoms with E-state index in [2.05, 4.69) is 33.9 Å². The minimum atomic E-state index is 0.339. The Kier molecular flexibility index (Phi) is 6.84. The lowest BCUT2D eigenvalue weighted by molar-refractivity contribution is 0.0134. The highest BCUT2D eigenvalue weighted by molar-refractivity contribution is 5.98. The Balaban J connectivity index is 1.71. The van der Waals surface area contributed by atoms with E-state index in [1.807, 2.05) is 32.0 Å². The highest BCUT2D eigenvalue weighted by atomic mass is 16.5. The van der Waals surface area contributed by atoms with Crippen molar-refractivity contribution in [2.75, 3.05) is 32.2 Å². The molecule has 0 radical (unpaired) electrons. The van der Waals surface area contributed by atoms with Crippen LogP contribution in [-0.4, -0.2) is 47.7 Å². The third kappa shape index (κ3) is 4.26. The number of aryl methyl sites for hydroxylation is 3. The maximum absolute atomic E-state index is 5.88. The average Bonchev–Trinajstić information content (AvgIpc) is 3.07. The van der Waals surface area contributed by atoms with E-state index in [4.69, 9.17) is 14.2 Å². The smallest absolute Gasteiger partial charge is 0.158 e. The van der Waals surface area contributed by atoms with Crippen LogP contribution < -0.4 is 14.8 Å². The van der Waals surface area contributed by atoms with Gasteiger partial charge in [0.25, 0.3) is 0 Å². The second-order valence-corrected chi connectivity index (χ2v) is 8.36. The number of hydrogen-bond donors (Lipinski definition) is 1. The molecule has 1 saturated heterocycles. The van der Waals surface area contributed by atoms with E-state index in [-0.39, 0.29) is 0 Å².